The molecule has 7 atom stereocenters. The number of hydrogen-bond donors (Lipinski definition) is 2. The minimum absolute atomic E-state index is 0.0194. The topological polar surface area (TPSA) is 88.2 Å². The summed E-state index contributed by atoms with van der Waals surface area (Å²) in [4.78, 5) is 18.1. The second-order valence-corrected chi connectivity index (χ2v) is 13.1. The summed E-state index contributed by atoms with van der Waals surface area (Å²) < 4.78 is 1.99. The van der Waals surface area contributed by atoms with E-state index in [1.54, 1.807) is 11.8 Å². The number of nitrogens with zero attached hydrogens (tertiary/aromatic N) is 3. The first-order chi connectivity index (χ1) is 17.7. The molecule has 7 unspecified atom stereocenters. The standard InChI is InChI=1S/C29H37N3O2S.CH4O/c1-17-6-5-7-26(31-17)35-16-25(34)22-11-10-21-20-9-8-19-12-23-18(15-30-32(23)4)13-28(19,2)27(20)24(33)14-29(21,22)3;1-2/h5-7,12,15,20-22,24,27,33H,8-11,13-14,16H2,1-4H3;2H,1H3. The summed E-state index contributed by atoms with van der Waals surface area (Å²) in [6, 6.07) is 5.98. The number of rotatable bonds is 4. The van der Waals surface area contributed by atoms with Gasteiger partial charge in [-0.25, -0.2) is 4.98 Å². The number of aliphatic hydroxyl groups is 2. The molecule has 0 aliphatic heterocycles. The van der Waals surface area contributed by atoms with Crippen molar-refractivity contribution in [3.05, 3.63) is 46.9 Å². The summed E-state index contributed by atoms with van der Waals surface area (Å²) in [5.41, 5.74) is 4.89. The molecule has 200 valence electrons. The molecule has 2 N–H and O–H groups in total. The van der Waals surface area contributed by atoms with Crippen molar-refractivity contribution in [2.75, 3.05) is 12.9 Å². The summed E-state index contributed by atoms with van der Waals surface area (Å²) in [7, 11) is 3.02. The number of aromatic nitrogens is 3. The van der Waals surface area contributed by atoms with Gasteiger partial charge in [0.25, 0.3) is 0 Å². The second kappa shape index (κ2) is 9.97. The zero-order valence-corrected chi connectivity index (χ0v) is 23.6. The Morgan fingerprint density at radius 3 is 2.76 bits per heavy atom. The van der Waals surface area contributed by atoms with Crippen LogP contribution in [0, 0.1) is 41.4 Å². The predicted octanol–water partition coefficient (Wildman–Crippen LogP) is 4.86. The maximum Gasteiger partial charge on any atom is 0.146 e. The van der Waals surface area contributed by atoms with Gasteiger partial charge in [0.2, 0.25) is 0 Å². The van der Waals surface area contributed by atoms with E-state index in [2.05, 4.69) is 30.0 Å². The number of aryl methyl sites for hydroxylation is 2. The molecule has 0 amide bonds. The maximum atomic E-state index is 13.5. The van der Waals surface area contributed by atoms with Crippen LogP contribution >= 0.6 is 11.8 Å². The number of thioether (sulfide) groups is 1. The summed E-state index contributed by atoms with van der Waals surface area (Å²) in [6.07, 6.45) is 10.0. The molecule has 2 aromatic rings. The van der Waals surface area contributed by atoms with Gasteiger partial charge in [-0.15, -0.1) is 0 Å². The van der Waals surface area contributed by atoms with E-state index in [-0.39, 0.29) is 28.8 Å². The molecule has 6 nitrogen and oxygen atoms in total. The van der Waals surface area contributed by atoms with Gasteiger partial charge in [0, 0.05) is 25.8 Å². The van der Waals surface area contributed by atoms with Gasteiger partial charge >= 0.3 is 0 Å². The molecule has 2 aromatic heterocycles. The highest BCUT2D eigenvalue weighted by Crippen LogP contribution is 2.66. The first-order valence-corrected chi connectivity index (χ1v) is 14.6. The third-order valence-electron chi connectivity index (χ3n) is 10.2. The molecular formula is C30H41N3O3S. The molecule has 7 heteroatoms. The van der Waals surface area contributed by atoms with Gasteiger partial charge in [0.05, 0.1) is 28.8 Å². The molecule has 0 radical (unpaired) electrons. The van der Waals surface area contributed by atoms with Gasteiger partial charge in [-0.2, -0.15) is 5.10 Å². The highest BCUT2D eigenvalue weighted by Gasteiger charge is 2.63. The van der Waals surface area contributed by atoms with Gasteiger partial charge in [-0.1, -0.05) is 37.2 Å². The number of carbonyl (C=O) groups excluding carboxylic acids is 1. The average Bonchev–Trinajstić information content (AvgIpc) is 3.40. The molecule has 3 fully saturated rings. The minimum Gasteiger partial charge on any atom is -0.400 e. The van der Waals surface area contributed by atoms with Crippen LogP contribution in [0.1, 0.15) is 62.9 Å². The van der Waals surface area contributed by atoms with E-state index in [4.69, 9.17) is 5.11 Å². The molecule has 4 aliphatic rings. The number of pyridine rings is 1. The Labute approximate surface area is 225 Å². The fourth-order valence-corrected chi connectivity index (χ4v) is 9.57. The maximum absolute atomic E-state index is 13.5. The van der Waals surface area contributed by atoms with E-state index in [1.165, 1.54) is 16.8 Å². The van der Waals surface area contributed by atoms with Crippen LogP contribution < -0.4 is 0 Å². The monoisotopic (exact) mass is 523 g/mol. The van der Waals surface area contributed by atoms with Crippen molar-refractivity contribution >= 4 is 23.6 Å². The van der Waals surface area contributed by atoms with Crippen LogP contribution in [0.15, 0.2) is 35.0 Å². The number of Topliss-reactive ketones (excluding diaryl/α,β-unsaturated/α-hetero) is 1. The molecular weight excluding hydrogens is 482 g/mol. The van der Waals surface area contributed by atoms with Gasteiger partial charge in [-0.05, 0) is 97.8 Å². The zero-order chi connectivity index (χ0) is 26.5. The van der Waals surface area contributed by atoms with Crippen LogP contribution in [0.4, 0.5) is 0 Å². The zero-order valence-electron chi connectivity index (χ0n) is 22.8. The molecule has 4 aliphatic carbocycles. The van der Waals surface area contributed by atoms with Crippen molar-refractivity contribution in [2.45, 2.75) is 70.4 Å². The lowest BCUT2D eigenvalue weighted by Crippen LogP contribution is -2.57. The van der Waals surface area contributed by atoms with Crippen molar-refractivity contribution in [2.24, 2.45) is 41.5 Å². The van der Waals surface area contributed by atoms with E-state index in [9.17, 15) is 9.90 Å². The third kappa shape index (κ3) is 4.31. The quantitative estimate of drug-likeness (QED) is 0.557. The van der Waals surface area contributed by atoms with Crippen LogP contribution in [0.25, 0.3) is 6.08 Å². The lowest BCUT2D eigenvalue weighted by atomic mass is 9.46. The Balaban J connectivity index is 0.00000137. The van der Waals surface area contributed by atoms with Crippen molar-refractivity contribution in [3.63, 3.8) is 0 Å². The summed E-state index contributed by atoms with van der Waals surface area (Å²) in [6.45, 7) is 6.69. The van der Waals surface area contributed by atoms with Gasteiger partial charge < -0.3 is 10.2 Å². The van der Waals surface area contributed by atoms with Crippen LogP contribution in [0.2, 0.25) is 0 Å². The van der Waals surface area contributed by atoms with E-state index in [0.717, 1.165) is 56.4 Å². The Morgan fingerprint density at radius 1 is 1.22 bits per heavy atom. The Morgan fingerprint density at radius 2 is 2.00 bits per heavy atom. The van der Waals surface area contributed by atoms with Gasteiger partial charge in [-0.3, -0.25) is 9.48 Å². The third-order valence-corrected chi connectivity index (χ3v) is 11.2. The summed E-state index contributed by atoms with van der Waals surface area (Å²) in [5.74, 6) is 2.11. The predicted molar refractivity (Wildman–Crippen MR) is 147 cm³/mol. The number of carbonyl (C=O) groups is 1. The lowest BCUT2D eigenvalue weighted by Gasteiger charge is -2.59. The fraction of sp³-hybridized carbons (Fsp3) is 0.633. The van der Waals surface area contributed by atoms with E-state index in [0.29, 0.717) is 23.4 Å². The van der Waals surface area contributed by atoms with E-state index < -0.39 is 0 Å². The van der Waals surface area contributed by atoms with E-state index in [1.807, 2.05) is 43.0 Å². The molecule has 3 saturated carbocycles. The molecule has 6 rings (SSSR count). The van der Waals surface area contributed by atoms with Crippen LogP contribution in [0.3, 0.4) is 0 Å². The summed E-state index contributed by atoms with van der Waals surface area (Å²) in [5, 5.41) is 24.2. The van der Waals surface area contributed by atoms with Crippen molar-refractivity contribution in [1.82, 2.24) is 14.8 Å². The molecule has 0 bridgehead atoms. The average molecular weight is 524 g/mol. The number of hydrogen-bond acceptors (Lipinski definition) is 6. The fourth-order valence-electron chi connectivity index (χ4n) is 8.69. The molecule has 2 heterocycles. The molecule has 0 aromatic carbocycles. The van der Waals surface area contributed by atoms with Crippen molar-refractivity contribution in [3.8, 4) is 0 Å². The first kappa shape index (κ1) is 26.6. The first-order valence-electron chi connectivity index (χ1n) is 13.6. The van der Waals surface area contributed by atoms with Crippen LogP contribution in [-0.4, -0.2) is 49.7 Å². The molecule has 0 saturated heterocycles. The van der Waals surface area contributed by atoms with Gasteiger partial charge in [0.1, 0.15) is 5.78 Å². The van der Waals surface area contributed by atoms with Crippen molar-refractivity contribution < 1.29 is 15.0 Å². The highest BCUT2D eigenvalue weighted by atomic mass is 32.2. The van der Waals surface area contributed by atoms with E-state index >= 15 is 0 Å². The largest absolute Gasteiger partial charge is 0.400 e. The minimum atomic E-state index is -0.368. The van der Waals surface area contributed by atoms with Crippen LogP contribution in [0.5, 0.6) is 0 Å². The SMILES string of the molecule is CO.Cc1cccc(SCC(=O)C2CCC3C4CCC5=Cc6c(cnn6C)CC5(C)C4C(O)CC23C)n1. The number of allylic oxidation sites excluding steroid dienone is 1. The molecule has 37 heavy (non-hydrogen) atoms. The number of fused-ring (bicyclic) bond motifs is 6. The van der Waals surface area contributed by atoms with Crippen LogP contribution in [-0.2, 0) is 18.3 Å². The normalized spacial score (nSPS) is 35.8. The number of ketones is 1. The summed E-state index contributed by atoms with van der Waals surface area (Å²) >= 11 is 1.56. The Hall–Kier alpha value is -1.96. The van der Waals surface area contributed by atoms with Crippen molar-refractivity contribution in [1.29, 1.82) is 0 Å². The molecule has 0 spiro atoms. The second-order valence-electron chi connectivity index (χ2n) is 12.1. The van der Waals surface area contributed by atoms with Gasteiger partial charge in [0.15, 0.2) is 0 Å². The Kier molecular flexibility index (Phi) is 7.18. The smallest absolute Gasteiger partial charge is 0.146 e. The Bertz CT molecular complexity index is 1210. The lowest BCUT2D eigenvalue weighted by molar-refractivity contribution is -0.140. The highest BCUT2D eigenvalue weighted by molar-refractivity contribution is 7.99. The number of aliphatic hydroxyl groups excluding tert-OH is 2.